The molecule has 0 aliphatic rings. The van der Waals surface area contributed by atoms with Crippen molar-refractivity contribution in [2.45, 2.75) is 11.1 Å². The lowest BCUT2D eigenvalue weighted by Crippen LogP contribution is -2.18. The van der Waals surface area contributed by atoms with E-state index in [-0.39, 0.29) is 12.3 Å². The predicted molar refractivity (Wildman–Crippen MR) is 88.6 cm³/mol. The van der Waals surface area contributed by atoms with E-state index in [0.29, 0.717) is 10.8 Å². The van der Waals surface area contributed by atoms with Crippen LogP contribution in [0.3, 0.4) is 0 Å². The maximum Gasteiger partial charge on any atom is 0.418 e. The Kier molecular flexibility index (Phi) is 6.39. The van der Waals surface area contributed by atoms with E-state index in [2.05, 4.69) is 5.32 Å². The smallest absolute Gasteiger partial charge is 0.418 e. The van der Waals surface area contributed by atoms with Crippen molar-refractivity contribution in [3.05, 3.63) is 59.1 Å². The van der Waals surface area contributed by atoms with Crippen LogP contribution in [0.5, 0.6) is 0 Å². The van der Waals surface area contributed by atoms with Crippen LogP contribution in [0, 0.1) is 0 Å². The van der Waals surface area contributed by atoms with Crippen molar-refractivity contribution in [1.82, 2.24) is 0 Å². The fraction of sp³-hybridized carbons (Fsp3) is 0.188. The first-order valence-electron chi connectivity index (χ1n) is 6.84. The molecule has 0 saturated carbocycles. The number of nitrogens with one attached hydrogen (secondary N) is 1. The summed E-state index contributed by atoms with van der Waals surface area (Å²) in [5, 5.41) is 2.74. The molecule has 0 aliphatic heterocycles. The van der Waals surface area contributed by atoms with Crippen LogP contribution in [-0.2, 0) is 10.9 Å². The van der Waals surface area contributed by atoms with E-state index in [1.807, 2.05) is 12.1 Å². The van der Waals surface area contributed by atoms with Gasteiger partial charge in [-0.2, -0.15) is 13.2 Å². The molecule has 0 heterocycles. The van der Waals surface area contributed by atoms with Crippen LogP contribution >= 0.6 is 23.4 Å². The van der Waals surface area contributed by atoms with Gasteiger partial charge in [0.25, 0.3) is 0 Å². The van der Waals surface area contributed by atoms with Crippen LogP contribution in [0.1, 0.15) is 5.56 Å². The van der Waals surface area contributed by atoms with Gasteiger partial charge >= 0.3 is 12.3 Å². The summed E-state index contributed by atoms with van der Waals surface area (Å²) in [5.74, 6) is 0.468. The molecule has 0 atom stereocenters. The molecule has 0 aromatic heterocycles. The first-order chi connectivity index (χ1) is 11.4. The van der Waals surface area contributed by atoms with Gasteiger partial charge in [-0.3, -0.25) is 5.32 Å². The third-order valence-electron chi connectivity index (χ3n) is 2.87. The number of benzene rings is 2. The number of ether oxygens (including phenoxy) is 1. The summed E-state index contributed by atoms with van der Waals surface area (Å²) in [6.45, 7) is 0.0628. The van der Waals surface area contributed by atoms with E-state index in [1.54, 1.807) is 12.1 Å². The molecule has 2 rings (SSSR count). The number of hydrogen-bond donors (Lipinski definition) is 1. The zero-order valence-electron chi connectivity index (χ0n) is 12.3. The quantitative estimate of drug-likeness (QED) is 0.538. The van der Waals surface area contributed by atoms with Gasteiger partial charge in [-0.1, -0.05) is 23.7 Å². The number of rotatable bonds is 5. The second-order valence-electron chi connectivity index (χ2n) is 4.61. The third kappa shape index (κ3) is 5.65. The zero-order chi connectivity index (χ0) is 17.6. The minimum atomic E-state index is -4.55. The molecule has 0 spiro atoms. The summed E-state index contributed by atoms with van der Waals surface area (Å²) in [7, 11) is 0. The van der Waals surface area contributed by atoms with Crippen molar-refractivity contribution in [2.24, 2.45) is 0 Å². The van der Waals surface area contributed by atoms with Crippen molar-refractivity contribution in [3.63, 3.8) is 0 Å². The number of carbonyl (C=O) groups is 1. The summed E-state index contributed by atoms with van der Waals surface area (Å²) in [5.41, 5.74) is -1.25. The molecule has 2 aromatic carbocycles. The van der Waals surface area contributed by atoms with Gasteiger partial charge in [0.1, 0.15) is 6.61 Å². The molecule has 0 fully saturated rings. The summed E-state index contributed by atoms with van der Waals surface area (Å²) in [6, 6.07) is 11.9. The summed E-state index contributed by atoms with van der Waals surface area (Å²) < 4.78 is 43.3. The largest absolute Gasteiger partial charge is 0.448 e. The van der Waals surface area contributed by atoms with E-state index in [4.69, 9.17) is 16.3 Å². The van der Waals surface area contributed by atoms with Gasteiger partial charge in [-0.25, -0.2) is 4.79 Å². The summed E-state index contributed by atoms with van der Waals surface area (Å²) >= 11 is 7.21. The molecule has 128 valence electrons. The number of amides is 1. The van der Waals surface area contributed by atoms with Gasteiger partial charge < -0.3 is 4.74 Å². The Morgan fingerprint density at radius 3 is 2.46 bits per heavy atom. The number of anilines is 1. The van der Waals surface area contributed by atoms with E-state index < -0.39 is 17.8 Å². The molecular weight excluding hydrogens is 363 g/mol. The molecule has 24 heavy (non-hydrogen) atoms. The average molecular weight is 376 g/mol. The minimum absolute atomic E-state index is 0.0628. The second kappa shape index (κ2) is 8.30. The Labute approximate surface area is 146 Å². The summed E-state index contributed by atoms with van der Waals surface area (Å²) in [6.07, 6.45) is -5.47. The Balaban J connectivity index is 1.81. The molecule has 0 unspecified atom stereocenters. The number of alkyl halides is 3. The number of halogens is 4. The first-order valence-corrected chi connectivity index (χ1v) is 8.21. The van der Waals surface area contributed by atoms with E-state index in [9.17, 15) is 18.0 Å². The number of para-hydroxylation sites is 1. The normalized spacial score (nSPS) is 11.2. The van der Waals surface area contributed by atoms with Crippen LogP contribution in [0.25, 0.3) is 0 Å². The van der Waals surface area contributed by atoms with E-state index in [0.717, 1.165) is 11.0 Å². The zero-order valence-corrected chi connectivity index (χ0v) is 13.8. The highest BCUT2D eigenvalue weighted by molar-refractivity contribution is 7.99. The highest BCUT2D eigenvalue weighted by Crippen LogP contribution is 2.34. The van der Waals surface area contributed by atoms with Crippen LogP contribution in [0.15, 0.2) is 53.4 Å². The lowest BCUT2D eigenvalue weighted by Gasteiger charge is -2.13. The molecule has 1 N–H and O–H groups in total. The molecular formula is C16H13ClF3NO2S. The van der Waals surface area contributed by atoms with E-state index in [1.165, 1.54) is 30.0 Å². The molecule has 1 amide bonds. The average Bonchev–Trinajstić information content (AvgIpc) is 2.53. The van der Waals surface area contributed by atoms with Crippen LogP contribution in [-0.4, -0.2) is 18.5 Å². The minimum Gasteiger partial charge on any atom is -0.448 e. The Hall–Kier alpha value is -1.86. The highest BCUT2D eigenvalue weighted by Gasteiger charge is 2.33. The van der Waals surface area contributed by atoms with Gasteiger partial charge in [-0.15, -0.1) is 11.8 Å². The highest BCUT2D eigenvalue weighted by atomic mass is 35.5. The Morgan fingerprint density at radius 1 is 1.12 bits per heavy atom. The molecule has 0 radical (unpaired) electrons. The molecule has 0 saturated heterocycles. The molecule has 0 bridgehead atoms. The SMILES string of the molecule is O=C(Nc1ccccc1C(F)(F)F)OCCSc1ccc(Cl)cc1. The van der Waals surface area contributed by atoms with Crippen LogP contribution in [0.2, 0.25) is 5.02 Å². The standard InChI is InChI=1S/C16H13ClF3NO2S/c17-11-5-7-12(8-6-11)24-10-9-23-15(22)21-14-4-2-1-3-13(14)16(18,19)20/h1-8H,9-10H2,(H,21,22). The number of thioether (sulfide) groups is 1. The van der Waals surface area contributed by atoms with Crippen molar-refractivity contribution >= 4 is 35.1 Å². The Bertz CT molecular complexity index is 692. The van der Waals surface area contributed by atoms with Gasteiger partial charge in [0.2, 0.25) is 0 Å². The van der Waals surface area contributed by atoms with Crippen LogP contribution in [0.4, 0.5) is 23.7 Å². The summed E-state index contributed by atoms with van der Waals surface area (Å²) in [4.78, 5) is 12.6. The molecule has 2 aromatic rings. The maximum atomic E-state index is 12.8. The van der Waals surface area contributed by atoms with Gasteiger partial charge in [-0.05, 0) is 36.4 Å². The van der Waals surface area contributed by atoms with Gasteiger partial charge in [0.15, 0.2) is 0 Å². The second-order valence-corrected chi connectivity index (χ2v) is 6.21. The number of hydrogen-bond acceptors (Lipinski definition) is 3. The monoisotopic (exact) mass is 375 g/mol. The Morgan fingerprint density at radius 2 is 1.79 bits per heavy atom. The maximum absolute atomic E-state index is 12.8. The van der Waals surface area contributed by atoms with Gasteiger partial charge in [0, 0.05) is 15.7 Å². The van der Waals surface area contributed by atoms with Gasteiger partial charge in [0.05, 0.1) is 11.3 Å². The molecule has 3 nitrogen and oxygen atoms in total. The van der Waals surface area contributed by atoms with Crippen LogP contribution < -0.4 is 5.32 Å². The lowest BCUT2D eigenvalue weighted by molar-refractivity contribution is -0.136. The fourth-order valence-corrected chi connectivity index (χ4v) is 2.67. The first kappa shape index (κ1) is 18.5. The fourth-order valence-electron chi connectivity index (χ4n) is 1.81. The van der Waals surface area contributed by atoms with Crippen molar-refractivity contribution in [1.29, 1.82) is 0 Å². The lowest BCUT2D eigenvalue weighted by atomic mass is 10.2. The third-order valence-corrected chi connectivity index (χ3v) is 4.10. The number of carbonyl (C=O) groups excluding carboxylic acids is 1. The van der Waals surface area contributed by atoms with E-state index >= 15 is 0 Å². The van der Waals surface area contributed by atoms with Crippen molar-refractivity contribution in [2.75, 3.05) is 17.7 Å². The van der Waals surface area contributed by atoms with Crippen molar-refractivity contribution < 1.29 is 22.7 Å². The predicted octanol–water partition coefficient (Wildman–Crippen LogP) is 5.70. The van der Waals surface area contributed by atoms with Crippen molar-refractivity contribution in [3.8, 4) is 0 Å². The molecule has 8 heteroatoms. The topological polar surface area (TPSA) is 38.3 Å². The molecule has 0 aliphatic carbocycles.